The molecule has 3 fully saturated rings. The van der Waals surface area contributed by atoms with Gasteiger partial charge in [-0.15, -0.1) is 0 Å². The van der Waals surface area contributed by atoms with E-state index >= 15 is 0 Å². The molecule has 2 aliphatic heterocycles. The van der Waals surface area contributed by atoms with Crippen molar-refractivity contribution < 1.29 is 51.9 Å². The van der Waals surface area contributed by atoms with E-state index in [0.29, 0.717) is 30.1 Å². The first-order valence-electron chi connectivity index (χ1n) is 19.2. The molecule has 2 saturated heterocycles. The van der Waals surface area contributed by atoms with Crippen LogP contribution in [0.2, 0.25) is 31.0 Å². The molecule has 0 radical (unpaired) electrons. The van der Waals surface area contributed by atoms with E-state index in [1.165, 1.54) is 0 Å². The monoisotopic (exact) mass is 819 g/mol. The Hall–Kier alpha value is -1.76. The molecule has 54 heavy (non-hydrogen) atoms. The molecule has 306 valence electrons. The van der Waals surface area contributed by atoms with Crippen molar-refractivity contribution in [3.8, 4) is 0 Å². The largest absolute Gasteiger partial charge is 0.449 e. The van der Waals surface area contributed by atoms with Crippen molar-refractivity contribution in [1.29, 1.82) is 0 Å². The molecule has 16 nitrogen and oxygen atoms in total. The Morgan fingerprint density at radius 3 is 2.43 bits per heavy atom. The van der Waals surface area contributed by atoms with Gasteiger partial charge < -0.3 is 42.6 Å². The zero-order valence-electron chi connectivity index (χ0n) is 33.0. The molecular formula is C35H59ClN5O11PSi. The van der Waals surface area contributed by atoms with Crippen molar-refractivity contribution in [1.82, 2.24) is 19.7 Å². The van der Waals surface area contributed by atoms with E-state index in [2.05, 4.69) is 34.7 Å². The number of nitrogens with zero attached hydrogens (tertiary/aromatic N) is 5. The summed E-state index contributed by atoms with van der Waals surface area (Å²) in [6.45, 7) is 15.4. The number of carbonyl (C=O) groups is 1. The van der Waals surface area contributed by atoms with Crippen LogP contribution in [0, 0.1) is 0 Å². The Bertz CT molecular complexity index is 1600. The number of aromatic nitrogens is 4. The number of carbonyl (C=O) groups excluding carboxylic acids is 1. The number of halogens is 1. The van der Waals surface area contributed by atoms with Crippen LogP contribution in [0.3, 0.4) is 0 Å². The van der Waals surface area contributed by atoms with Crippen molar-refractivity contribution in [2.75, 3.05) is 51.1 Å². The van der Waals surface area contributed by atoms with E-state index < -0.39 is 64.0 Å². The molecule has 0 bridgehead atoms. The maximum absolute atomic E-state index is 14.4. The minimum absolute atomic E-state index is 0.0581. The molecule has 2 aromatic rings. The predicted molar refractivity (Wildman–Crippen MR) is 205 cm³/mol. The third-order valence-corrected chi connectivity index (χ3v) is 14.3. The summed E-state index contributed by atoms with van der Waals surface area (Å²) in [5.74, 6) is -0.690. The average Bonchev–Trinajstić information content (AvgIpc) is 3.89. The second-order valence-electron chi connectivity index (χ2n) is 15.7. The minimum atomic E-state index is -4.10. The molecule has 19 heteroatoms. The van der Waals surface area contributed by atoms with Gasteiger partial charge in [0.1, 0.15) is 18.3 Å². The molecule has 1 amide bonds. The summed E-state index contributed by atoms with van der Waals surface area (Å²) in [5, 5.41) is 14.1. The summed E-state index contributed by atoms with van der Waals surface area (Å²) in [4.78, 5) is 24.2. The predicted octanol–water partition coefficient (Wildman–Crippen LogP) is 6.91. The van der Waals surface area contributed by atoms with Crippen LogP contribution in [0.25, 0.3) is 11.0 Å². The fourth-order valence-electron chi connectivity index (χ4n) is 7.03. The molecular weight excluding hydrogens is 761 g/mol. The van der Waals surface area contributed by atoms with E-state index in [4.69, 9.17) is 49.1 Å². The van der Waals surface area contributed by atoms with Gasteiger partial charge in [-0.3, -0.25) is 9.46 Å². The second-order valence-corrected chi connectivity index (χ2v) is 23.9. The van der Waals surface area contributed by atoms with Crippen LogP contribution in [0.5, 0.6) is 0 Å². The van der Waals surface area contributed by atoms with E-state index in [0.717, 1.165) is 44.6 Å². The lowest BCUT2D eigenvalue weighted by Gasteiger charge is -2.38. The molecule has 1 saturated carbocycles. The summed E-state index contributed by atoms with van der Waals surface area (Å²) in [6, 6.07) is 0.735. The zero-order chi connectivity index (χ0) is 39.3. The zero-order valence-corrected chi connectivity index (χ0v) is 35.6. The molecule has 4 heterocycles. The maximum Gasteiger partial charge on any atom is 0.415 e. The highest BCUT2D eigenvalue weighted by Crippen LogP contribution is 2.61. The van der Waals surface area contributed by atoms with Crippen LogP contribution >= 0.6 is 19.2 Å². The Labute approximate surface area is 324 Å². The van der Waals surface area contributed by atoms with Gasteiger partial charge in [-0.25, -0.2) is 9.48 Å². The molecule has 0 aromatic carbocycles. The number of ether oxygens (including phenoxy) is 6. The first-order chi connectivity index (χ1) is 25.6. The first kappa shape index (κ1) is 43.4. The number of hydrogen-bond donors (Lipinski definition) is 1. The molecule has 2 aromatic heterocycles. The van der Waals surface area contributed by atoms with Gasteiger partial charge in [0, 0.05) is 20.7 Å². The molecule has 5 atom stereocenters. The number of fused-ring (bicyclic) bond motifs is 2. The standard InChI is InChI=1S/C35H59ClN5O11PSi/c1-9-12-17-46-33(43)40(24-15-13-14-16-24)29-25-20-37-41(30(25)39-32(36)38-29)31-28-27(51-34(4,5)52-28)26(50-31)21-47-35(22-42,23-45-18-19-54(6,7)8)53(44,48-10-2)49-11-3/h20,24,26-28,31,42H,9-19,21-23H2,1-8H3/t26-,27-,28-,31-,35?/m1/s1. The lowest BCUT2D eigenvalue weighted by Crippen LogP contribution is -2.46. The molecule has 5 rings (SSSR count). The summed E-state index contributed by atoms with van der Waals surface area (Å²) < 4.78 is 64.8. The number of hydrogen-bond acceptors (Lipinski definition) is 14. The molecule has 0 spiro atoms. The van der Waals surface area contributed by atoms with Crippen molar-refractivity contribution in [2.45, 2.75) is 141 Å². The smallest absolute Gasteiger partial charge is 0.415 e. The highest BCUT2D eigenvalue weighted by atomic mass is 35.5. The van der Waals surface area contributed by atoms with E-state index in [-0.39, 0.29) is 37.8 Å². The fraction of sp³-hybridized carbons (Fsp3) is 0.829. The van der Waals surface area contributed by atoms with Crippen molar-refractivity contribution >= 4 is 50.2 Å². The van der Waals surface area contributed by atoms with Gasteiger partial charge in [-0.2, -0.15) is 15.1 Å². The Balaban J connectivity index is 1.46. The van der Waals surface area contributed by atoms with Crippen LogP contribution < -0.4 is 4.90 Å². The maximum atomic E-state index is 14.4. The first-order valence-corrected chi connectivity index (χ1v) is 24.8. The van der Waals surface area contributed by atoms with Crippen LogP contribution in [-0.4, -0.2) is 121 Å². The van der Waals surface area contributed by atoms with Crippen molar-refractivity contribution in [3.63, 3.8) is 0 Å². The van der Waals surface area contributed by atoms with Gasteiger partial charge in [0.15, 0.2) is 23.5 Å². The number of aliphatic hydroxyl groups excluding tert-OH is 1. The Morgan fingerprint density at radius 1 is 1.11 bits per heavy atom. The average molecular weight is 820 g/mol. The molecule has 3 aliphatic rings. The number of anilines is 1. The molecule has 1 unspecified atom stereocenters. The Kier molecular flexibility index (Phi) is 14.6. The van der Waals surface area contributed by atoms with Crippen LogP contribution in [0.1, 0.15) is 79.4 Å². The third kappa shape index (κ3) is 9.67. The SMILES string of the molecule is CCCCOC(=O)N(c1nc(Cl)nc2c1cnn2[C@@H]1O[C@H](COC(CO)(COCC[Si](C)(C)C)P(=O)(OCC)OCC)[C@H]2OC(C)(C)O[C@H]21)C1CCCC1. The Morgan fingerprint density at radius 2 is 1.80 bits per heavy atom. The van der Waals surface area contributed by atoms with Crippen LogP contribution in [0.4, 0.5) is 10.6 Å². The van der Waals surface area contributed by atoms with Gasteiger partial charge in [0.05, 0.1) is 51.2 Å². The van der Waals surface area contributed by atoms with Gasteiger partial charge >= 0.3 is 13.7 Å². The topological polar surface area (TPSA) is 175 Å². The molecule has 1 aliphatic carbocycles. The van der Waals surface area contributed by atoms with E-state index in [1.807, 2.05) is 6.92 Å². The van der Waals surface area contributed by atoms with Gasteiger partial charge in [-0.05, 0) is 64.6 Å². The minimum Gasteiger partial charge on any atom is -0.449 e. The normalized spacial score (nSPS) is 24.3. The summed E-state index contributed by atoms with van der Waals surface area (Å²) in [5.41, 5.74) is 0.325. The lowest BCUT2D eigenvalue weighted by atomic mass is 10.1. The van der Waals surface area contributed by atoms with Crippen LogP contribution in [0.15, 0.2) is 6.20 Å². The molecule has 1 N–H and O–H groups in total. The third-order valence-electron chi connectivity index (χ3n) is 9.80. The fourth-order valence-corrected chi connectivity index (χ4v) is 9.82. The van der Waals surface area contributed by atoms with E-state index in [9.17, 15) is 14.5 Å². The summed E-state index contributed by atoms with van der Waals surface area (Å²) in [7, 11) is -5.56. The number of unbranched alkanes of at least 4 members (excludes halogenated alkanes) is 1. The van der Waals surface area contributed by atoms with Crippen molar-refractivity contribution in [2.24, 2.45) is 0 Å². The summed E-state index contributed by atoms with van der Waals surface area (Å²) >= 11 is 6.57. The number of amides is 1. The van der Waals surface area contributed by atoms with Gasteiger partial charge in [0.2, 0.25) is 10.6 Å². The van der Waals surface area contributed by atoms with Crippen molar-refractivity contribution in [3.05, 3.63) is 11.5 Å². The van der Waals surface area contributed by atoms with Gasteiger partial charge in [-0.1, -0.05) is 45.8 Å². The van der Waals surface area contributed by atoms with Gasteiger partial charge in [0.25, 0.3) is 0 Å². The van der Waals surface area contributed by atoms with E-state index in [1.54, 1.807) is 43.5 Å². The summed E-state index contributed by atoms with van der Waals surface area (Å²) in [6.07, 6.45) is 3.23. The lowest BCUT2D eigenvalue weighted by molar-refractivity contribution is -0.208. The number of rotatable bonds is 20. The number of aliphatic hydroxyl groups is 1. The van der Waals surface area contributed by atoms with Crippen LogP contribution in [-0.2, 0) is 42.0 Å². The second kappa shape index (κ2) is 18.2. The quantitative estimate of drug-likeness (QED) is 0.0632. The highest BCUT2D eigenvalue weighted by molar-refractivity contribution is 7.55. The highest BCUT2D eigenvalue weighted by Gasteiger charge is 2.59.